The summed E-state index contributed by atoms with van der Waals surface area (Å²) in [5.74, 6) is -3.45. The van der Waals surface area contributed by atoms with Gasteiger partial charge in [0.1, 0.15) is 96.0 Å². The molecule has 54 nitrogen and oxygen atoms in total. The Morgan fingerprint density at radius 2 is 0.651 bits per heavy atom. The molecular formula is C38H51N8O46P9S5-14. The van der Waals surface area contributed by atoms with Crippen molar-refractivity contribution in [3.63, 3.8) is 0 Å². The first-order valence-corrected chi connectivity index (χ1v) is 46.8. The molecule has 106 heavy (non-hydrogen) atoms. The number of rotatable bonds is 22. The van der Waals surface area contributed by atoms with Crippen LogP contribution in [-0.4, -0.2) is 205 Å². The number of nitrogens with zero attached hydrogens (tertiary/aromatic N) is 4. The minimum atomic E-state index is -5.26. The normalized spacial score (nSPS) is 28.8. The van der Waals surface area contributed by atoms with Crippen molar-refractivity contribution < 1.29 is 183 Å². The monoisotopic (exact) mass is 1790 g/mol. The van der Waals surface area contributed by atoms with E-state index in [9.17, 15) is 151 Å². The summed E-state index contributed by atoms with van der Waals surface area (Å²) in [6.07, 6.45) is -18.3. The van der Waals surface area contributed by atoms with Crippen molar-refractivity contribution in [2.45, 2.75) is 98.2 Å². The molecule has 8 rings (SSSR count). The fourth-order valence-electron chi connectivity index (χ4n) is 8.20. The van der Waals surface area contributed by atoms with Gasteiger partial charge in [0.15, 0.2) is 24.9 Å². The highest BCUT2D eigenvalue weighted by molar-refractivity contribution is 8.52. The molecule has 4 fully saturated rings. The zero-order chi connectivity index (χ0) is 81.8. The van der Waals surface area contributed by atoms with Gasteiger partial charge < -0.3 is 207 Å². The number of H-pyrrole nitrogens is 4. The Morgan fingerprint density at radius 3 is 0.858 bits per heavy atom. The minimum Gasteiger partial charge on any atom is -0.819 e. The predicted molar refractivity (Wildman–Crippen MR) is 333 cm³/mol. The molecule has 0 saturated carbocycles. The van der Waals surface area contributed by atoms with Gasteiger partial charge in [-0.1, -0.05) is 26.1 Å². The SMILES string of the molecule is O=P([O-])([O-])CP(=O)([O-])O.O=P([O-])([O-])O.O=c1ccn([C@@H]2O[C@H](COP(=O)([O-])[O-])[C@H](O)C2O)c(=O)[nH]1.O=c1ccn([C@@H]2O[C@H](COP(=S)([S-])OP(=O)([O-])CP(=O)([O-])O)[C@H](O)C2O)c(=O)[nH]1.O=c1ccn([C@@H]2O[C@H](COP([O-])(=S)[S-])[C@H](O)C2O)c(=O)[nH]1.O=c1ccn([C@@H]2O[C@H](COP([O-])([O-])=S)[C@H](O)C2O)c(=O)[nH]1. The lowest BCUT2D eigenvalue weighted by Crippen LogP contribution is -2.37. The highest BCUT2D eigenvalue weighted by Crippen LogP contribution is 2.63. The molecule has 0 radical (unpaired) electrons. The molecule has 4 saturated heterocycles. The van der Waals surface area contributed by atoms with Gasteiger partial charge >= 0.3 is 22.8 Å². The molecule has 4 aliphatic heterocycles. The number of ether oxygens (including phenoxy) is 4. The average molecular weight is 1790 g/mol. The first-order chi connectivity index (χ1) is 47.9. The predicted octanol–water partition coefficient (Wildman–Crippen LogP) is -18.3. The van der Waals surface area contributed by atoms with Crippen LogP contribution in [0.3, 0.4) is 0 Å². The van der Waals surface area contributed by atoms with Gasteiger partial charge in [0.2, 0.25) is 0 Å². The molecule has 0 aliphatic carbocycles. The molecule has 68 heteroatoms. The number of aromatic amines is 4. The molecular weight excluding hydrogens is 1740 g/mol. The van der Waals surface area contributed by atoms with E-state index in [0.717, 1.165) is 67.3 Å². The van der Waals surface area contributed by atoms with Crippen molar-refractivity contribution >= 4 is 124 Å². The summed E-state index contributed by atoms with van der Waals surface area (Å²) in [6, 6.07) is 4.07. The van der Waals surface area contributed by atoms with Crippen LogP contribution in [0.4, 0.5) is 0 Å². The van der Waals surface area contributed by atoms with Crippen LogP contribution in [0.2, 0.25) is 0 Å². The van der Waals surface area contributed by atoms with E-state index in [-0.39, 0.29) is 0 Å². The zero-order valence-electron chi connectivity index (χ0n) is 51.2. The van der Waals surface area contributed by atoms with Gasteiger partial charge in [-0.3, -0.25) is 57.4 Å². The Labute approximate surface area is 611 Å². The number of phosphoric acid groups is 2. The lowest BCUT2D eigenvalue weighted by Gasteiger charge is -2.37. The Hall–Kier alpha value is -2.53. The Kier molecular flexibility index (Phi) is 36.8. The van der Waals surface area contributed by atoms with Crippen LogP contribution in [-0.2, 0) is 129 Å². The fraction of sp³-hybridized carbons (Fsp3) is 0.579. The van der Waals surface area contributed by atoms with E-state index in [4.69, 9.17) is 57.0 Å². The topological polar surface area (TPSA) is 904 Å². The largest absolute Gasteiger partial charge is 0.819 e. The summed E-state index contributed by atoms with van der Waals surface area (Å²) in [7, 11) is -30.8. The second-order valence-electron chi connectivity index (χ2n) is 20.6. The summed E-state index contributed by atoms with van der Waals surface area (Å²) in [4.78, 5) is 244. The number of hydrogen-bond acceptors (Lipinski definition) is 48. The van der Waals surface area contributed by atoms with Crippen molar-refractivity contribution in [2.75, 3.05) is 38.2 Å². The molecule has 0 spiro atoms. The lowest BCUT2D eigenvalue weighted by atomic mass is 10.1. The number of aliphatic hydroxyl groups excluding tert-OH is 8. The maximum atomic E-state index is 11.8. The second-order valence-corrected chi connectivity index (χ2v) is 42.5. The van der Waals surface area contributed by atoms with Gasteiger partial charge in [0, 0.05) is 55.0 Å². The highest BCUT2D eigenvalue weighted by atomic mass is 32.9. The van der Waals surface area contributed by atoms with Crippen LogP contribution in [0.1, 0.15) is 24.9 Å². The first-order valence-electron chi connectivity index (χ1n) is 27.0. The fourth-order valence-corrected chi connectivity index (χ4v) is 17.8. The standard InChI is InChI=1S/C10H17N2O12P3S2.C9H13N2O9P.C9H13N2O8PS.C9H13N2O7PS2.CH6O6P2.H3O4P/c13-6-1-2-12(10(16)11-6)9-8(15)7(14)5(23-9)3-22-27(28,29)24-26(20,21)4-25(17,18)19;12-5-1-2-11(9(15)10-5)8-7(14)6(13)4(20-8)3-19-21(16,17)18;12-5-1-2-11(9(15)10-5)8-7(14)6(13)4(19-8)3-18-20(16,17)21;12-5-1-2-11(9(15)10-5)8-7(14)6(13)4(18-8)3-17-19(16,20)21;2-8(3,4)1-9(5,6)7;1-5(2,3)4/h1-2,5,7-9,14-15H,3-4H2,(H,20,21)(H,28,29)(H,11,13,16)(H2,17,18,19);1-2,4,6-8,13-14H,3H2,(H,10,12,15)(H2,16,17,18);1-2,4,6-8,13-14H,3H2,(H,10,12,15)(H2,16,17,21);1-2,4,6-8,13-14H,3H2,(H,10,12,15)(H2,16,20,21);1H2,(H2,2,3,4)(H2,5,6,7);(H3,1,2,3,4)/p-14/t5-,7+,8?,9-;3*4-,6+,7?,8-;;/m1111../s1. The van der Waals surface area contributed by atoms with E-state index < -0.39 is 246 Å². The van der Waals surface area contributed by atoms with Crippen molar-refractivity contribution in [1.29, 1.82) is 0 Å². The molecule has 0 aromatic carbocycles. The zero-order valence-corrected chi connectivity index (χ0v) is 63.3. The smallest absolute Gasteiger partial charge is 0.330 e. The Bertz CT molecular complexity index is 4290. The maximum Gasteiger partial charge on any atom is 0.330 e. The number of aliphatic hydroxyl groups is 8. The molecule has 8 heterocycles. The molecule has 4 aromatic heterocycles. The van der Waals surface area contributed by atoms with Crippen LogP contribution in [0.15, 0.2) is 87.4 Å². The maximum absolute atomic E-state index is 11.8. The summed E-state index contributed by atoms with van der Waals surface area (Å²) in [5, 5.41) is 79.0. The van der Waals surface area contributed by atoms with E-state index >= 15 is 0 Å². The third kappa shape index (κ3) is 34.8. The number of nitrogens with one attached hydrogen (secondary N) is 4. The van der Waals surface area contributed by atoms with Gasteiger partial charge in [0.05, 0.1) is 53.7 Å². The van der Waals surface area contributed by atoms with Crippen LogP contribution in [0.5, 0.6) is 0 Å². The highest BCUT2D eigenvalue weighted by Gasteiger charge is 2.48. The molecule has 15 N–H and O–H groups in total. The van der Waals surface area contributed by atoms with Crippen LogP contribution < -0.4 is 104 Å². The Morgan fingerprint density at radius 1 is 0.406 bits per heavy atom. The van der Waals surface area contributed by atoms with E-state index in [0.29, 0.717) is 0 Å². The molecule has 0 amide bonds. The molecule has 9 unspecified atom stereocenters. The third-order valence-electron chi connectivity index (χ3n) is 12.4. The number of hydrogen-bond donors (Lipinski definition) is 15. The quantitative estimate of drug-likeness (QED) is 0.0257. The van der Waals surface area contributed by atoms with E-state index in [1.54, 1.807) is 0 Å². The van der Waals surface area contributed by atoms with E-state index in [2.05, 4.69) is 73.3 Å². The van der Waals surface area contributed by atoms with Gasteiger partial charge in [-0.15, -0.1) is 29.3 Å². The number of phosphoric ester groups is 1. The van der Waals surface area contributed by atoms with Crippen LogP contribution >= 0.6 is 64.1 Å². The summed E-state index contributed by atoms with van der Waals surface area (Å²) in [5.41, 5.74) is -13.7. The molecule has 608 valence electrons. The minimum absolute atomic E-state index is 0.392. The summed E-state index contributed by atoms with van der Waals surface area (Å²) < 4.78 is 107. The van der Waals surface area contributed by atoms with Crippen molar-refractivity contribution in [3.8, 4) is 0 Å². The van der Waals surface area contributed by atoms with Gasteiger partial charge in [0.25, 0.3) is 22.2 Å². The summed E-state index contributed by atoms with van der Waals surface area (Å²) >= 11 is 22.2. The lowest BCUT2D eigenvalue weighted by molar-refractivity contribution is -0.343. The van der Waals surface area contributed by atoms with E-state index in [1.165, 1.54) is 0 Å². The van der Waals surface area contributed by atoms with Gasteiger partial charge in [-0.25, -0.2) is 19.2 Å². The van der Waals surface area contributed by atoms with E-state index in [1.807, 2.05) is 19.9 Å². The van der Waals surface area contributed by atoms with Gasteiger partial charge in [-0.05, 0) is 0 Å². The van der Waals surface area contributed by atoms with Crippen molar-refractivity contribution in [1.82, 2.24) is 38.2 Å². The molecule has 4 aliphatic rings. The number of aromatic nitrogens is 8. The van der Waals surface area contributed by atoms with Crippen LogP contribution in [0.25, 0.3) is 0 Å². The average Bonchev–Trinajstić information content (AvgIpc) is 1.69. The van der Waals surface area contributed by atoms with Gasteiger partial charge in [-0.2, -0.15) is 0 Å². The molecule has 21 atom stereocenters. The first kappa shape index (κ1) is 97.7. The third-order valence-corrected chi connectivity index (χ3v) is 24.4. The molecule has 0 bridgehead atoms. The van der Waals surface area contributed by atoms with Crippen molar-refractivity contribution in [2.24, 2.45) is 0 Å². The summed E-state index contributed by atoms with van der Waals surface area (Å²) in [6.45, 7) is -6.91. The molecule has 4 aromatic rings. The second kappa shape index (κ2) is 40.0. The van der Waals surface area contributed by atoms with Crippen molar-refractivity contribution in [3.05, 3.63) is 132 Å². The Balaban J connectivity index is 0.000000348. The van der Waals surface area contributed by atoms with Crippen LogP contribution in [0, 0.1) is 0 Å².